The fourth-order valence-corrected chi connectivity index (χ4v) is 2.29. The van der Waals surface area contributed by atoms with Crippen molar-refractivity contribution in [3.63, 3.8) is 0 Å². The standard InChI is InChI=1S/C12H12FNOS/c1-7-5-9(3-4-10(7)13)12-14-11(6-16-12)8(2)15/h3-6,8,15H,1-2H3. The Labute approximate surface area is 97.4 Å². The average Bonchev–Trinajstić information content (AvgIpc) is 2.71. The van der Waals surface area contributed by atoms with E-state index in [1.54, 1.807) is 26.0 Å². The quantitative estimate of drug-likeness (QED) is 0.869. The molecule has 0 aliphatic rings. The smallest absolute Gasteiger partial charge is 0.126 e. The van der Waals surface area contributed by atoms with Gasteiger partial charge in [-0.2, -0.15) is 0 Å². The maximum atomic E-state index is 13.1. The number of thiazole rings is 1. The summed E-state index contributed by atoms with van der Waals surface area (Å²) >= 11 is 1.45. The van der Waals surface area contributed by atoms with Gasteiger partial charge in [-0.3, -0.25) is 0 Å². The van der Waals surface area contributed by atoms with Crippen LogP contribution in [0.2, 0.25) is 0 Å². The first-order chi connectivity index (χ1) is 7.58. The van der Waals surface area contributed by atoms with Crippen LogP contribution in [0.3, 0.4) is 0 Å². The van der Waals surface area contributed by atoms with E-state index in [0.29, 0.717) is 11.3 Å². The van der Waals surface area contributed by atoms with Gasteiger partial charge >= 0.3 is 0 Å². The summed E-state index contributed by atoms with van der Waals surface area (Å²) in [5.41, 5.74) is 2.14. The predicted octanol–water partition coefficient (Wildman–Crippen LogP) is 3.31. The third-order valence-electron chi connectivity index (χ3n) is 2.35. The molecule has 0 saturated heterocycles. The highest BCUT2D eigenvalue weighted by Gasteiger charge is 2.09. The van der Waals surface area contributed by atoms with Crippen LogP contribution in [0.5, 0.6) is 0 Å². The van der Waals surface area contributed by atoms with Gasteiger partial charge in [0.15, 0.2) is 0 Å². The zero-order chi connectivity index (χ0) is 11.7. The van der Waals surface area contributed by atoms with Crippen LogP contribution >= 0.6 is 11.3 Å². The number of hydrogen-bond donors (Lipinski definition) is 1. The molecule has 0 bridgehead atoms. The number of aryl methyl sites for hydroxylation is 1. The zero-order valence-electron chi connectivity index (χ0n) is 9.07. The molecule has 1 aromatic heterocycles. The van der Waals surface area contributed by atoms with Gasteiger partial charge < -0.3 is 5.11 Å². The lowest BCUT2D eigenvalue weighted by molar-refractivity contribution is 0.195. The van der Waals surface area contributed by atoms with Crippen LogP contribution in [-0.4, -0.2) is 10.1 Å². The first-order valence-electron chi connectivity index (χ1n) is 4.98. The fourth-order valence-electron chi connectivity index (χ4n) is 1.39. The van der Waals surface area contributed by atoms with E-state index in [9.17, 15) is 9.50 Å². The number of aromatic nitrogens is 1. The summed E-state index contributed by atoms with van der Waals surface area (Å²) < 4.78 is 13.1. The summed E-state index contributed by atoms with van der Waals surface area (Å²) in [6, 6.07) is 4.90. The van der Waals surface area contributed by atoms with Crippen molar-refractivity contribution in [3.8, 4) is 10.6 Å². The molecule has 0 aliphatic heterocycles. The number of halogens is 1. The molecule has 84 valence electrons. The van der Waals surface area contributed by atoms with E-state index in [4.69, 9.17) is 0 Å². The maximum Gasteiger partial charge on any atom is 0.126 e. The van der Waals surface area contributed by atoms with Crippen LogP contribution in [0.15, 0.2) is 23.6 Å². The van der Waals surface area contributed by atoms with E-state index >= 15 is 0 Å². The van der Waals surface area contributed by atoms with Crippen molar-refractivity contribution < 1.29 is 9.50 Å². The van der Waals surface area contributed by atoms with E-state index in [2.05, 4.69) is 4.98 Å². The third kappa shape index (κ3) is 2.13. The van der Waals surface area contributed by atoms with E-state index < -0.39 is 6.10 Å². The first-order valence-corrected chi connectivity index (χ1v) is 5.86. The zero-order valence-corrected chi connectivity index (χ0v) is 9.88. The van der Waals surface area contributed by atoms with E-state index in [0.717, 1.165) is 10.6 Å². The van der Waals surface area contributed by atoms with Crippen LogP contribution in [0.25, 0.3) is 10.6 Å². The second kappa shape index (κ2) is 4.31. The van der Waals surface area contributed by atoms with Crippen LogP contribution < -0.4 is 0 Å². The highest BCUT2D eigenvalue weighted by atomic mass is 32.1. The van der Waals surface area contributed by atoms with Gasteiger partial charge in [-0.1, -0.05) is 0 Å². The summed E-state index contributed by atoms with van der Waals surface area (Å²) in [6.45, 7) is 3.40. The Kier molecular flexibility index (Phi) is 3.03. The van der Waals surface area contributed by atoms with Crippen molar-refractivity contribution >= 4 is 11.3 Å². The van der Waals surface area contributed by atoms with Gasteiger partial charge in [-0.25, -0.2) is 9.37 Å². The van der Waals surface area contributed by atoms with Gasteiger partial charge in [-0.15, -0.1) is 11.3 Å². The van der Waals surface area contributed by atoms with Crippen molar-refractivity contribution in [2.24, 2.45) is 0 Å². The Morgan fingerprint density at radius 3 is 2.75 bits per heavy atom. The van der Waals surface area contributed by atoms with Crippen molar-refractivity contribution in [1.29, 1.82) is 0 Å². The van der Waals surface area contributed by atoms with Gasteiger partial charge in [-0.05, 0) is 37.6 Å². The van der Waals surface area contributed by atoms with Crippen molar-refractivity contribution in [2.75, 3.05) is 0 Å². The summed E-state index contributed by atoms with van der Waals surface area (Å²) in [5, 5.41) is 12.0. The van der Waals surface area contributed by atoms with Crippen LogP contribution in [0, 0.1) is 12.7 Å². The summed E-state index contributed by atoms with van der Waals surface area (Å²) in [7, 11) is 0. The molecule has 1 atom stereocenters. The van der Waals surface area contributed by atoms with Gasteiger partial charge in [0.05, 0.1) is 11.8 Å². The summed E-state index contributed by atoms with van der Waals surface area (Å²) in [5.74, 6) is -0.212. The molecule has 0 saturated carbocycles. The molecule has 0 spiro atoms. The van der Waals surface area contributed by atoms with Crippen LogP contribution in [-0.2, 0) is 0 Å². The number of aliphatic hydroxyl groups is 1. The third-order valence-corrected chi connectivity index (χ3v) is 3.26. The van der Waals surface area contributed by atoms with Gasteiger partial charge in [0, 0.05) is 10.9 Å². The Hall–Kier alpha value is -1.26. The Balaban J connectivity index is 2.39. The average molecular weight is 237 g/mol. The van der Waals surface area contributed by atoms with Crippen LogP contribution in [0.4, 0.5) is 4.39 Å². The molecule has 2 nitrogen and oxygen atoms in total. The number of hydrogen-bond acceptors (Lipinski definition) is 3. The Bertz CT molecular complexity index is 507. The molecule has 0 fully saturated rings. The maximum absolute atomic E-state index is 13.1. The highest BCUT2D eigenvalue weighted by Crippen LogP contribution is 2.27. The Morgan fingerprint density at radius 1 is 1.44 bits per heavy atom. The van der Waals surface area contributed by atoms with Crippen molar-refractivity contribution in [1.82, 2.24) is 4.98 Å². The lowest BCUT2D eigenvalue weighted by Gasteiger charge is -2.00. The number of rotatable bonds is 2. The van der Waals surface area contributed by atoms with E-state index in [1.165, 1.54) is 17.4 Å². The molecule has 1 heterocycles. The normalized spacial score (nSPS) is 12.8. The van der Waals surface area contributed by atoms with E-state index in [-0.39, 0.29) is 5.82 Å². The van der Waals surface area contributed by atoms with Crippen LogP contribution in [0.1, 0.15) is 24.3 Å². The Morgan fingerprint density at radius 2 is 2.19 bits per heavy atom. The van der Waals surface area contributed by atoms with Crippen molar-refractivity contribution in [3.05, 3.63) is 40.7 Å². The van der Waals surface area contributed by atoms with Gasteiger partial charge in [0.1, 0.15) is 10.8 Å². The second-order valence-corrected chi connectivity index (χ2v) is 4.58. The molecule has 4 heteroatoms. The fraction of sp³-hybridized carbons (Fsp3) is 0.250. The summed E-state index contributed by atoms with van der Waals surface area (Å²) in [6.07, 6.45) is -0.563. The molecule has 0 amide bonds. The SMILES string of the molecule is Cc1cc(-c2nc(C(C)O)cs2)ccc1F. The molecule has 1 N–H and O–H groups in total. The molecule has 2 rings (SSSR count). The monoisotopic (exact) mass is 237 g/mol. The second-order valence-electron chi connectivity index (χ2n) is 3.72. The molecule has 16 heavy (non-hydrogen) atoms. The number of aliphatic hydroxyl groups excluding tert-OH is 1. The largest absolute Gasteiger partial charge is 0.387 e. The lowest BCUT2D eigenvalue weighted by Crippen LogP contribution is -1.90. The van der Waals surface area contributed by atoms with Gasteiger partial charge in [0.25, 0.3) is 0 Å². The van der Waals surface area contributed by atoms with Gasteiger partial charge in [0.2, 0.25) is 0 Å². The minimum absolute atomic E-state index is 0.212. The minimum atomic E-state index is -0.563. The highest BCUT2D eigenvalue weighted by molar-refractivity contribution is 7.13. The summed E-state index contributed by atoms with van der Waals surface area (Å²) in [4.78, 5) is 4.30. The van der Waals surface area contributed by atoms with Crippen molar-refractivity contribution in [2.45, 2.75) is 20.0 Å². The first kappa shape index (κ1) is 11.2. The molecule has 1 aromatic carbocycles. The van der Waals surface area contributed by atoms with E-state index in [1.807, 2.05) is 5.38 Å². The molecule has 0 aliphatic carbocycles. The molecule has 1 unspecified atom stereocenters. The minimum Gasteiger partial charge on any atom is -0.387 e. The molecular weight excluding hydrogens is 225 g/mol. The topological polar surface area (TPSA) is 33.1 Å². The lowest BCUT2D eigenvalue weighted by atomic mass is 10.1. The molecular formula is C12H12FNOS. The molecule has 2 aromatic rings. The number of nitrogens with zero attached hydrogens (tertiary/aromatic N) is 1. The molecule has 0 radical (unpaired) electrons. The number of benzene rings is 1. The predicted molar refractivity (Wildman–Crippen MR) is 62.9 cm³/mol.